The number of nitrogens with two attached hydrogens (primary N) is 1. The van der Waals surface area contributed by atoms with Gasteiger partial charge in [0, 0.05) is 32.7 Å². The molecule has 0 aromatic rings. The Morgan fingerprint density at radius 2 is 1.85 bits per heavy atom. The molecule has 2 aliphatic rings. The lowest BCUT2D eigenvalue weighted by molar-refractivity contribution is -0.136. The van der Waals surface area contributed by atoms with Crippen molar-refractivity contribution in [1.29, 1.82) is 0 Å². The van der Waals surface area contributed by atoms with Crippen LogP contribution < -0.4 is 5.73 Å². The van der Waals surface area contributed by atoms with Gasteiger partial charge in [0.25, 0.3) is 0 Å². The minimum absolute atomic E-state index is 0.0291. The molecule has 0 bridgehead atoms. The van der Waals surface area contributed by atoms with Crippen molar-refractivity contribution in [2.75, 3.05) is 32.7 Å². The summed E-state index contributed by atoms with van der Waals surface area (Å²) in [5.74, 6) is -0.00266. The molecule has 1 aliphatic carbocycles. The molecule has 0 aromatic carbocycles. The van der Waals surface area contributed by atoms with Gasteiger partial charge in [-0.05, 0) is 26.7 Å². The molecule has 1 saturated carbocycles. The molecule has 0 spiro atoms. The SMILES string of the molecule is CC(C)(O)CN1CCN(C(=O)C2(C(N)=NO)CC2)CC1. The van der Waals surface area contributed by atoms with Crippen LogP contribution in [-0.2, 0) is 4.79 Å². The smallest absolute Gasteiger partial charge is 0.236 e. The Balaban J connectivity index is 1.90. The van der Waals surface area contributed by atoms with Gasteiger partial charge in [0.15, 0.2) is 5.84 Å². The molecule has 2 fully saturated rings. The van der Waals surface area contributed by atoms with Crippen LogP contribution in [0.4, 0.5) is 0 Å². The minimum Gasteiger partial charge on any atom is -0.409 e. The number of oxime groups is 1. The molecular weight excluding hydrogens is 260 g/mol. The molecule has 2 rings (SSSR count). The number of carbonyl (C=O) groups is 1. The number of hydrogen-bond donors (Lipinski definition) is 3. The molecule has 0 atom stereocenters. The van der Waals surface area contributed by atoms with Gasteiger partial charge >= 0.3 is 0 Å². The molecule has 1 saturated heterocycles. The van der Waals surface area contributed by atoms with E-state index in [1.54, 1.807) is 18.7 Å². The van der Waals surface area contributed by atoms with Gasteiger partial charge in [0.2, 0.25) is 5.91 Å². The van der Waals surface area contributed by atoms with Crippen molar-refractivity contribution in [3.05, 3.63) is 0 Å². The molecule has 1 amide bonds. The quantitative estimate of drug-likeness (QED) is 0.278. The lowest BCUT2D eigenvalue weighted by Gasteiger charge is -2.38. The van der Waals surface area contributed by atoms with Crippen molar-refractivity contribution in [1.82, 2.24) is 9.80 Å². The first-order valence-corrected chi connectivity index (χ1v) is 7.01. The maximum Gasteiger partial charge on any atom is 0.236 e. The van der Waals surface area contributed by atoms with E-state index in [0.717, 1.165) is 13.1 Å². The van der Waals surface area contributed by atoms with Gasteiger partial charge in [-0.3, -0.25) is 9.69 Å². The molecule has 20 heavy (non-hydrogen) atoms. The van der Waals surface area contributed by atoms with Crippen molar-refractivity contribution in [3.8, 4) is 0 Å². The maximum absolute atomic E-state index is 12.5. The van der Waals surface area contributed by atoms with Gasteiger partial charge in [-0.15, -0.1) is 0 Å². The van der Waals surface area contributed by atoms with Crippen LogP contribution in [0.25, 0.3) is 0 Å². The number of β-amino-alcohol motifs (C(OH)–C–C–N with tert-alkyl or cyclic N) is 1. The van der Waals surface area contributed by atoms with Gasteiger partial charge in [0.1, 0.15) is 5.41 Å². The van der Waals surface area contributed by atoms with Crippen molar-refractivity contribution < 1.29 is 15.1 Å². The van der Waals surface area contributed by atoms with E-state index >= 15 is 0 Å². The van der Waals surface area contributed by atoms with Gasteiger partial charge in [0.05, 0.1) is 5.60 Å². The second-order valence-corrected chi connectivity index (χ2v) is 6.45. The third kappa shape index (κ3) is 3.04. The van der Waals surface area contributed by atoms with Crippen molar-refractivity contribution in [2.24, 2.45) is 16.3 Å². The zero-order valence-electron chi connectivity index (χ0n) is 12.2. The Morgan fingerprint density at radius 3 is 2.25 bits per heavy atom. The highest BCUT2D eigenvalue weighted by molar-refractivity contribution is 6.09. The monoisotopic (exact) mass is 284 g/mol. The van der Waals surface area contributed by atoms with Gasteiger partial charge < -0.3 is 20.9 Å². The fraction of sp³-hybridized carbons (Fsp3) is 0.846. The molecule has 0 radical (unpaired) electrons. The molecule has 4 N–H and O–H groups in total. The first-order chi connectivity index (χ1) is 9.28. The maximum atomic E-state index is 12.5. The van der Waals surface area contributed by atoms with E-state index in [0.29, 0.717) is 32.5 Å². The predicted molar refractivity (Wildman–Crippen MR) is 74.4 cm³/mol. The van der Waals surface area contributed by atoms with E-state index in [1.165, 1.54) is 0 Å². The Morgan fingerprint density at radius 1 is 1.30 bits per heavy atom. The highest BCUT2D eigenvalue weighted by atomic mass is 16.4. The molecule has 0 aromatic heterocycles. The number of piperazine rings is 1. The summed E-state index contributed by atoms with van der Waals surface area (Å²) < 4.78 is 0. The first kappa shape index (κ1) is 15.1. The zero-order chi connectivity index (χ0) is 15.0. The largest absolute Gasteiger partial charge is 0.409 e. The summed E-state index contributed by atoms with van der Waals surface area (Å²) in [4.78, 5) is 16.4. The number of nitrogens with zero attached hydrogens (tertiary/aromatic N) is 3. The Labute approximate surface area is 119 Å². The summed E-state index contributed by atoms with van der Waals surface area (Å²) >= 11 is 0. The van der Waals surface area contributed by atoms with E-state index in [-0.39, 0.29) is 11.7 Å². The number of aliphatic hydroxyl groups is 1. The standard InChI is InChI=1S/C13H24N4O3/c1-12(2,19)9-16-5-7-17(8-6-16)11(18)13(3-4-13)10(14)15-20/h19-20H,3-9H2,1-2H3,(H2,14,15). The first-order valence-electron chi connectivity index (χ1n) is 7.01. The number of amidine groups is 1. The van der Waals surface area contributed by atoms with Crippen LogP contribution >= 0.6 is 0 Å². The van der Waals surface area contributed by atoms with Crippen molar-refractivity contribution in [2.45, 2.75) is 32.3 Å². The van der Waals surface area contributed by atoms with E-state index in [9.17, 15) is 9.90 Å². The minimum atomic E-state index is -0.757. The van der Waals surface area contributed by atoms with Gasteiger partial charge in [-0.1, -0.05) is 5.16 Å². The summed E-state index contributed by atoms with van der Waals surface area (Å²) in [6.45, 7) is 6.87. The van der Waals surface area contributed by atoms with Crippen molar-refractivity contribution >= 4 is 11.7 Å². The fourth-order valence-electron chi connectivity index (χ4n) is 2.76. The lowest BCUT2D eigenvalue weighted by atomic mass is 10.0. The van der Waals surface area contributed by atoms with Gasteiger partial charge in [-0.25, -0.2) is 0 Å². The zero-order valence-corrected chi connectivity index (χ0v) is 12.2. The van der Waals surface area contributed by atoms with Gasteiger partial charge in [-0.2, -0.15) is 0 Å². The number of rotatable bonds is 4. The van der Waals surface area contributed by atoms with Crippen LogP contribution in [0, 0.1) is 5.41 Å². The third-order valence-corrected chi connectivity index (χ3v) is 4.03. The topological polar surface area (TPSA) is 102 Å². The van der Waals surface area contributed by atoms with Crippen LogP contribution in [-0.4, -0.2) is 70.2 Å². The average Bonchev–Trinajstić information content (AvgIpc) is 3.17. The number of amides is 1. The molecular formula is C13H24N4O3. The molecule has 7 nitrogen and oxygen atoms in total. The highest BCUT2D eigenvalue weighted by Crippen LogP contribution is 2.47. The summed E-state index contributed by atoms with van der Waals surface area (Å²) in [7, 11) is 0. The van der Waals surface area contributed by atoms with E-state index in [2.05, 4.69) is 10.1 Å². The van der Waals surface area contributed by atoms with Crippen LogP contribution in [0.1, 0.15) is 26.7 Å². The Kier molecular flexibility index (Phi) is 3.93. The van der Waals surface area contributed by atoms with Crippen LogP contribution in [0.3, 0.4) is 0 Å². The lowest BCUT2D eigenvalue weighted by Crippen LogP contribution is -2.54. The number of carbonyl (C=O) groups excluding carboxylic acids is 1. The average molecular weight is 284 g/mol. The van der Waals surface area contributed by atoms with E-state index in [1.807, 2.05) is 0 Å². The fourth-order valence-corrected chi connectivity index (χ4v) is 2.76. The second-order valence-electron chi connectivity index (χ2n) is 6.45. The molecule has 1 heterocycles. The van der Waals surface area contributed by atoms with E-state index < -0.39 is 11.0 Å². The molecule has 0 unspecified atom stereocenters. The van der Waals surface area contributed by atoms with Crippen molar-refractivity contribution in [3.63, 3.8) is 0 Å². The van der Waals surface area contributed by atoms with Crippen LogP contribution in [0.5, 0.6) is 0 Å². The Hall–Kier alpha value is -1.34. The summed E-state index contributed by atoms with van der Waals surface area (Å²) in [6, 6.07) is 0. The summed E-state index contributed by atoms with van der Waals surface area (Å²) in [5.41, 5.74) is 4.16. The highest BCUT2D eigenvalue weighted by Gasteiger charge is 2.56. The molecule has 7 heteroatoms. The summed E-state index contributed by atoms with van der Waals surface area (Å²) in [6.07, 6.45) is 1.32. The molecule has 114 valence electrons. The molecule has 1 aliphatic heterocycles. The predicted octanol–water partition coefficient (Wildman–Crippen LogP) is -0.572. The number of hydrogen-bond acceptors (Lipinski definition) is 5. The van der Waals surface area contributed by atoms with Crippen LogP contribution in [0.15, 0.2) is 5.16 Å². The van der Waals surface area contributed by atoms with E-state index in [4.69, 9.17) is 10.9 Å². The third-order valence-electron chi connectivity index (χ3n) is 4.03. The van der Waals surface area contributed by atoms with Crippen LogP contribution in [0.2, 0.25) is 0 Å². The summed E-state index contributed by atoms with van der Waals surface area (Å²) in [5, 5.41) is 21.6. The Bertz CT molecular complexity index is 404. The normalized spacial score (nSPS) is 23.8. The second kappa shape index (κ2) is 5.21.